The molecule has 150 valence electrons. The number of hydrogen-bond acceptors (Lipinski definition) is 4. The summed E-state index contributed by atoms with van der Waals surface area (Å²) in [7, 11) is 5.81. The van der Waals surface area contributed by atoms with Crippen molar-refractivity contribution in [3.05, 3.63) is 78.8 Å². The van der Waals surface area contributed by atoms with E-state index >= 15 is 0 Å². The second-order valence-electron chi connectivity index (χ2n) is 7.36. The number of carbonyl (C=O) groups is 1. The molecule has 2 aromatic carbocycles. The van der Waals surface area contributed by atoms with Crippen LogP contribution in [-0.4, -0.2) is 34.8 Å². The van der Waals surface area contributed by atoms with E-state index in [2.05, 4.69) is 28.0 Å². The smallest absolute Gasteiger partial charge is 0.256 e. The maximum Gasteiger partial charge on any atom is 0.256 e. The van der Waals surface area contributed by atoms with Gasteiger partial charge in [0, 0.05) is 55.7 Å². The van der Waals surface area contributed by atoms with Gasteiger partial charge >= 0.3 is 0 Å². The molecule has 6 heteroatoms. The van der Waals surface area contributed by atoms with Gasteiger partial charge in [-0.1, -0.05) is 24.8 Å². The molecule has 4 aromatic rings. The highest BCUT2D eigenvalue weighted by Crippen LogP contribution is 2.26. The maximum atomic E-state index is 12.8. The first-order valence-electron chi connectivity index (χ1n) is 9.58. The normalized spacial score (nSPS) is 10.8. The molecule has 1 amide bonds. The van der Waals surface area contributed by atoms with Gasteiger partial charge in [0.2, 0.25) is 0 Å². The lowest BCUT2D eigenvalue weighted by Crippen LogP contribution is -2.15. The Hall–Kier alpha value is -3.93. The Labute approximate surface area is 175 Å². The summed E-state index contributed by atoms with van der Waals surface area (Å²) in [4.78, 5) is 19.2. The molecule has 0 radical (unpaired) electrons. The summed E-state index contributed by atoms with van der Waals surface area (Å²) in [6.07, 6.45) is 7.32. The van der Waals surface area contributed by atoms with Crippen LogP contribution in [0, 0.1) is 0 Å². The zero-order valence-corrected chi connectivity index (χ0v) is 17.3. The summed E-state index contributed by atoms with van der Waals surface area (Å²) in [6.45, 7) is 3.85. The van der Waals surface area contributed by atoms with Crippen molar-refractivity contribution < 1.29 is 4.79 Å². The van der Waals surface area contributed by atoms with Crippen molar-refractivity contribution >= 4 is 34.3 Å². The molecule has 1 N–H and O–H groups in total. The van der Waals surface area contributed by atoms with Crippen LogP contribution < -0.4 is 10.2 Å². The second-order valence-corrected chi connectivity index (χ2v) is 7.36. The maximum absolute atomic E-state index is 12.8. The van der Waals surface area contributed by atoms with E-state index < -0.39 is 0 Å². The number of benzene rings is 2. The third kappa shape index (κ3) is 3.80. The van der Waals surface area contributed by atoms with Crippen molar-refractivity contribution in [2.75, 3.05) is 24.3 Å². The van der Waals surface area contributed by atoms with Crippen LogP contribution in [0.3, 0.4) is 0 Å². The van der Waals surface area contributed by atoms with Crippen molar-refractivity contribution in [2.45, 2.75) is 0 Å². The van der Waals surface area contributed by atoms with Crippen LogP contribution in [0.2, 0.25) is 0 Å². The Morgan fingerprint density at radius 3 is 2.60 bits per heavy atom. The largest absolute Gasteiger partial charge is 0.377 e. The van der Waals surface area contributed by atoms with Crippen molar-refractivity contribution in [1.82, 2.24) is 14.8 Å². The van der Waals surface area contributed by atoms with Gasteiger partial charge in [-0.15, -0.1) is 0 Å². The van der Waals surface area contributed by atoms with Gasteiger partial charge in [0.1, 0.15) is 5.82 Å². The number of amides is 1. The number of aryl methyl sites for hydroxylation is 1. The summed E-state index contributed by atoms with van der Waals surface area (Å²) in [6, 6.07) is 13.6. The minimum Gasteiger partial charge on any atom is -0.377 e. The van der Waals surface area contributed by atoms with E-state index in [1.165, 1.54) is 0 Å². The van der Waals surface area contributed by atoms with Gasteiger partial charge in [-0.25, -0.2) is 4.98 Å². The third-order valence-corrected chi connectivity index (χ3v) is 4.99. The van der Waals surface area contributed by atoms with Crippen molar-refractivity contribution in [2.24, 2.45) is 7.05 Å². The van der Waals surface area contributed by atoms with E-state index in [4.69, 9.17) is 0 Å². The Balaban J connectivity index is 1.61. The van der Waals surface area contributed by atoms with E-state index in [0.717, 1.165) is 33.2 Å². The van der Waals surface area contributed by atoms with E-state index in [0.29, 0.717) is 11.4 Å². The highest BCUT2D eigenvalue weighted by atomic mass is 16.1. The highest BCUT2D eigenvalue weighted by molar-refractivity contribution is 6.05. The fraction of sp³-hybridized carbons (Fsp3) is 0.125. The zero-order chi connectivity index (χ0) is 21.3. The lowest BCUT2D eigenvalue weighted by molar-refractivity contribution is 0.102. The summed E-state index contributed by atoms with van der Waals surface area (Å²) in [5.41, 5.74) is 4.57. The van der Waals surface area contributed by atoms with Crippen LogP contribution >= 0.6 is 0 Å². The first-order chi connectivity index (χ1) is 14.4. The monoisotopic (exact) mass is 397 g/mol. The van der Waals surface area contributed by atoms with Crippen LogP contribution in [0.15, 0.2) is 67.6 Å². The predicted molar refractivity (Wildman–Crippen MR) is 123 cm³/mol. The van der Waals surface area contributed by atoms with Gasteiger partial charge in [-0.3, -0.25) is 9.48 Å². The van der Waals surface area contributed by atoms with E-state index in [1.54, 1.807) is 23.0 Å². The number of carbonyl (C=O) groups excluding carboxylic acids is 1. The molecule has 0 aliphatic carbocycles. The van der Waals surface area contributed by atoms with Gasteiger partial charge in [0.25, 0.3) is 5.91 Å². The van der Waals surface area contributed by atoms with E-state index in [-0.39, 0.29) is 5.91 Å². The minimum atomic E-state index is -0.210. The molecule has 0 spiro atoms. The summed E-state index contributed by atoms with van der Waals surface area (Å²) >= 11 is 0. The van der Waals surface area contributed by atoms with Crippen molar-refractivity contribution in [3.63, 3.8) is 0 Å². The lowest BCUT2D eigenvalue weighted by atomic mass is 10.0. The SMILES string of the molecule is C=Cc1cc(C(=O)Nc2cc3cc(-c4cnn(C)c4)ccc3cn2)ccc1N(C)C. The van der Waals surface area contributed by atoms with Gasteiger partial charge in [0.15, 0.2) is 0 Å². The molecule has 30 heavy (non-hydrogen) atoms. The van der Waals surface area contributed by atoms with Gasteiger partial charge in [-0.2, -0.15) is 5.10 Å². The van der Waals surface area contributed by atoms with E-state index in [1.807, 2.05) is 68.8 Å². The average molecular weight is 397 g/mol. The number of anilines is 2. The van der Waals surface area contributed by atoms with E-state index in [9.17, 15) is 4.79 Å². The highest BCUT2D eigenvalue weighted by Gasteiger charge is 2.11. The fourth-order valence-corrected chi connectivity index (χ4v) is 3.41. The number of pyridine rings is 1. The van der Waals surface area contributed by atoms with Gasteiger partial charge in [-0.05, 0) is 46.8 Å². The molecule has 0 bridgehead atoms. The molecule has 0 aliphatic heterocycles. The van der Waals surface area contributed by atoms with Crippen molar-refractivity contribution in [1.29, 1.82) is 0 Å². The summed E-state index contributed by atoms with van der Waals surface area (Å²) in [5.74, 6) is 0.298. The molecule has 0 fully saturated rings. The Bertz CT molecular complexity index is 1260. The molecule has 4 rings (SSSR count). The minimum absolute atomic E-state index is 0.210. The standard InChI is InChI=1S/C24H23N5O/c1-5-16-10-18(8-9-22(16)28(2)3)24(30)27-23-12-20-11-17(6-7-19(20)13-25-23)21-14-26-29(4)15-21/h5-15H,1H2,2-4H3,(H,25,27,30). The molecule has 0 atom stereocenters. The first kappa shape index (κ1) is 19.4. The number of fused-ring (bicyclic) bond motifs is 1. The molecular weight excluding hydrogens is 374 g/mol. The fourth-order valence-electron chi connectivity index (χ4n) is 3.41. The molecular formula is C24H23N5O. The number of rotatable bonds is 5. The Kier molecular flexibility index (Phi) is 5.06. The number of nitrogens with one attached hydrogen (secondary N) is 1. The van der Waals surface area contributed by atoms with Crippen molar-refractivity contribution in [3.8, 4) is 11.1 Å². The molecule has 0 aliphatic rings. The summed E-state index contributed by atoms with van der Waals surface area (Å²) in [5, 5.41) is 9.13. The molecule has 0 saturated heterocycles. The number of hydrogen-bond donors (Lipinski definition) is 1. The number of nitrogens with zero attached hydrogens (tertiary/aromatic N) is 4. The van der Waals surface area contributed by atoms with Crippen LogP contribution in [0.1, 0.15) is 15.9 Å². The second kappa shape index (κ2) is 7.83. The first-order valence-corrected chi connectivity index (χ1v) is 9.58. The van der Waals surface area contributed by atoms with Crippen LogP contribution in [0.5, 0.6) is 0 Å². The molecule has 0 saturated carbocycles. The van der Waals surface area contributed by atoms with Crippen LogP contribution in [-0.2, 0) is 7.05 Å². The van der Waals surface area contributed by atoms with Crippen LogP contribution in [0.25, 0.3) is 28.0 Å². The topological polar surface area (TPSA) is 63.1 Å². The number of aromatic nitrogens is 3. The molecule has 0 unspecified atom stereocenters. The zero-order valence-electron chi connectivity index (χ0n) is 17.3. The predicted octanol–water partition coefficient (Wildman–Crippen LogP) is 4.60. The quantitative estimate of drug-likeness (QED) is 0.535. The lowest BCUT2D eigenvalue weighted by Gasteiger charge is -2.16. The third-order valence-electron chi connectivity index (χ3n) is 4.99. The molecule has 2 heterocycles. The van der Waals surface area contributed by atoms with Gasteiger partial charge in [0.05, 0.1) is 6.20 Å². The summed E-state index contributed by atoms with van der Waals surface area (Å²) < 4.78 is 1.77. The Morgan fingerprint density at radius 1 is 1.07 bits per heavy atom. The Morgan fingerprint density at radius 2 is 1.90 bits per heavy atom. The average Bonchev–Trinajstić information content (AvgIpc) is 3.19. The molecule has 6 nitrogen and oxygen atoms in total. The van der Waals surface area contributed by atoms with Gasteiger partial charge < -0.3 is 10.2 Å². The molecule has 2 aromatic heterocycles. The van der Waals surface area contributed by atoms with Crippen LogP contribution in [0.4, 0.5) is 11.5 Å².